The molecule has 10 heteroatoms. The molecule has 1 N–H and O–H groups in total. The highest BCUT2D eigenvalue weighted by Gasteiger charge is 2.33. The van der Waals surface area contributed by atoms with Crippen molar-refractivity contribution in [1.29, 1.82) is 0 Å². The van der Waals surface area contributed by atoms with Crippen LogP contribution in [-0.2, 0) is 29.7 Å². The summed E-state index contributed by atoms with van der Waals surface area (Å²) in [5.41, 5.74) is 4.05. The number of hydrogen-bond donors (Lipinski definition) is 1. The van der Waals surface area contributed by atoms with Gasteiger partial charge in [-0.15, -0.1) is 0 Å². The van der Waals surface area contributed by atoms with Gasteiger partial charge < -0.3 is 4.57 Å². The Morgan fingerprint density at radius 3 is 2.49 bits per heavy atom. The highest BCUT2D eigenvalue weighted by molar-refractivity contribution is 7.92. The molecule has 198 valence electrons. The number of aryl methyl sites for hydroxylation is 2. The van der Waals surface area contributed by atoms with Crippen LogP contribution in [0.15, 0.2) is 90.2 Å². The molecule has 0 amide bonds. The molecule has 39 heavy (non-hydrogen) atoms. The molecular formula is C29H23F3N4O2S. The van der Waals surface area contributed by atoms with Gasteiger partial charge in [0.15, 0.2) is 0 Å². The molecule has 0 aliphatic heterocycles. The molecule has 0 radical (unpaired) electrons. The van der Waals surface area contributed by atoms with Crippen molar-refractivity contribution in [2.45, 2.75) is 29.8 Å². The highest BCUT2D eigenvalue weighted by atomic mass is 32.2. The molecule has 1 aliphatic carbocycles. The Bertz CT molecular complexity index is 1820. The predicted octanol–water partition coefficient (Wildman–Crippen LogP) is 6.53. The molecule has 0 spiro atoms. The second-order valence-electron chi connectivity index (χ2n) is 9.63. The lowest BCUT2D eigenvalue weighted by molar-refractivity contribution is -0.137. The summed E-state index contributed by atoms with van der Waals surface area (Å²) in [5, 5.41) is 0.940. The van der Waals surface area contributed by atoms with Gasteiger partial charge >= 0.3 is 6.18 Å². The van der Waals surface area contributed by atoms with Crippen LogP contribution in [-0.4, -0.2) is 23.0 Å². The maximum absolute atomic E-state index is 13.7. The third-order valence-electron chi connectivity index (χ3n) is 7.25. The van der Waals surface area contributed by atoms with Gasteiger partial charge in [0.05, 0.1) is 10.5 Å². The van der Waals surface area contributed by atoms with Gasteiger partial charge in [0.25, 0.3) is 10.0 Å². The van der Waals surface area contributed by atoms with E-state index in [1.807, 2.05) is 42.1 Å². The number of sulfonamides is 1. The molecule has 3 aromatic carbocycles. The Kier molecular flexibility index (Phi) is 5.95. The molecule has 0 saturated carbocycles. The lowest BCUT2D eigenvalue weighted by Crippen LogP contribution is -2.15. The first-order valence-electron chi connectivity index (χ1n) is 12.3. The standard InChI is InChI=1S/C29H23F3N4O2S/c1-36-14-11-20-15-18(4-10-27(20)36)26-17-21(29(30,31)32)5-8-25(26)24-7-3-19-16-22(6-9-23(19)24)39(37,38)35-28-33-12-2-13-34-28/h2,4-6,8-17,24H,3,7H2,1H3,(H,33,34,35). The maximum Gasteiger partial charge on any atom is 0.416 e. The van der Waals surface area contributed by atoms with Crippen LogP contribution in [0.25, 0.3) is 22.0 Å². The van der Waals surface area contributed by atoms with Gasteiger partial charge in [-0.3, -0.25) is 0 Å². The quantitative estimate of drug-likeness (QED) is 0.271. The Balaban J connectivity index is 1.41. The molecule has 5 aromatic rings. The van der Waals surface area contributed by atoms with Crippen molar-refractivity contribution in [1.82, 2.24) is 14.5 Å². The van der Waals surface area contributed by atoms with Crippen molar-refractivity contribution in [2.75, 3.05) is 4.72 Å². The lowest BCUT2D eigenvalue weighted by atomic mass is 9.85. The van der Waals surface area contributed by atoms with E-state index in [2.05, 4.69) is 14.7 Å². The monoisotopic (exact) mass is 548 g/mol. The number of aromatic nitrogens is 3. The number of nitrogens with one attached hydrogen (secondary N) is 1. The summed E-state index contributed by atoms with van der Waals surface area (Å²) in [6, 6.07) is 18.0. The van der Waals surface area contributed by atoms with Gasteiger partial charge in [-0.2, -0.15) is 13.2 Å². The SMILES string of the molecule is Cn1ccc2cc(-c3cc(C(F)(F)F)ccc3C3CCc4cc(S(=O)(=O)Nc5ncccn5)ccc43)ccc21. The third kappa shape index (κ3) is 4.65. The molecule has 0 fully saturated rings. The van der Waals surface area contributed by atoms with E-state index in [-0.39, 0.29) is 16.8 Å². The summed E-state index contributed by atoms with van der Waals surface area (Å²) in [4.78, 5) is 7.91. The van der Waals surface area contributed by atoms with E-state index in [1.54, 1.807) is 24.3 Å². The molecule has 0 saturated heterocycles. The molecule has 2 aromatic heterocycles. The predicted molar refractivity (Wildman–Crippen MR) is 143 cm³/mol. The fraction of sp³-hybridized carbons (Fsp3) is 0.172. The Morgan fingerprint density at radius 1 is 0.949 bits per heavy atom. The normalized spacial score (nSPS) is 15.4. The van der Waals surface area contributed by atoms with Crippen LogP contribution in [0.5, 0.6) is 0 Å². The molecule has 1 atom stereocenters. The first-order valence-corrected chi connectivity index (χ1v) is 13.8. The number of benzene rings is 3. The second-order valence-corrected chi connectivity index (χ2v) is 11.3. The van der Waals surface area contributed by atoms with Gasteiger partial charge in [-0.1, -0.05) is 18.2 Å². The third-order valence-corrected chi connectivity index (χ3v) is 8.57. The topological polar surface area (TPSA) is 76.9 Å². The summed E-state index contributed by atoms with van der Waals surface area (Å²) < 4.78 is 71.4. The Morgan fingerprint density at radius 2 is 1.72 bits per heavy atom. The molecule has 1 unspecified atom stereocenters. The largest absolute Gasteiger partial charge is 0.416 e. The number of nitrogens with zero attached hydrogens (tertiary/aromatic N) is 3. The van der Waals surface area contributed by atoms with Crippen molar-refractivity contribution in [3.05, 3.63) is 108 Å². The number of halogens is 3. The van der Waals surface area contributed by atoms with E-state index in [9.17, 15) is 21.6 Å². The van der Waals surface area contributed by atoms with E-state index in [0.717, 1.165) is 33.7 Å². The van der Waals surface area contributed by atoms with Crippen LogP contribution < -0.4 is 4.72 Å². The molecule has 6 nitrogen and oxygen atoms in total. The highest BCUT2D eigenvalue weighted by Crippen LogP contribution is 2.45. The number of hydrogen-bond acceptors (Lipinski definition) is 4. The van der Waals surface area contributed by atoms with Gasteiger partial charge in [-0.05, 0) is 89.2 Å². The summed E-state index contributed by atoms with van der Waals surface area (Å²) in [5.74, 6) is -0.202. The van der Waals surface area contributed by atoms with E-state index in [1.165, 1.54) is 24.5 Å². The minimum absolute atomic E-state index is 0.0272. The van der Waals surface area contributed by atoms with E-state index < -0.39 is 21.8 Å². The first-order chi connectivity index (χ1) is 18.6. The van der Waals surface area contributed by atoms with Crippen LogP contribution in [0.2, 0.25) is 0 Å². The van der Waals surface area contributed by atoms with Gasteiger partial charge in [-0.25, -0.2) is 23.1 Å². The van der Waals surface area contributed by atoms with Crippen molar-refractivity contribution in [3.8, 4) is 11.1 Å². The number of fused-ring (bicyclic) bond motifs is 2. The van der Waals surface area contributed by atoms with Crippen molar-refractivity contribution in [3.63, 3.8) is 0 Å². The van der Waals surface area contributed by atoms with Gasteiger partial charge in [0, 0.05) is 42.5 Å². The summed E-state index contributed by atoms with van der Waals surface area (Å²) >= 11 is 0. The Labute approximate surface area is 223 Å². The zero-order valence-corrected chi connectivity index (χ0v) is 21.6. The van der Waals surface area contributed by atoms with Crippen LogP contribution in [0.3, 0.4) is 0 Å². The molecular weight excluding hydrogens is 525 g/mol. The molecule has 0 bridgehead atoms. The fourth-order valence-corrected chi connectivity index (χ4v) is 6.36. The maximum atomic E-state index is 13.7. The van der Waals surface area contributed by atoms with Crippen LogP contribution in [0.4, 0.5) is 19.1 Å². The lowest BCUT2D eigenvalue weighted by Gasteiger charge is -2.20. The molecule has 2 heterocycles. The second kappa shape index (κ2) is 9.23. The minimum Gasteiger partial charge on any atom is -0.351 e. The Hall–Kier alpha value is -4.18. The van der Waals surface area contributed by atoms with E-state index in [0.29, 0.717) is 24.0 Å². The average Bonchev–Trinajstić information content (AvgIpc) is 3.51. The molecule has 1 aliphatic rings. The van der Waals surface area contributed by atoms with Gasteiger partial charge in [0.2, 0.25) is 5.95 Å². The van der Waals surface area contributed by atoms with Crippen LogP contribution in [0, 0.1) is 0 Å². The zero-order chi connectivity index (χ0) is 27.4. The van der Waals surface area contributed by atoms with Crippen LogP contribution in [0.1, 0.15) is 34.6 Å². The van der Waals surface area contributed by atoms with Gasteiger partial charge in [0.1, 0.15) is 0 Å². The van der Waals surface area contributed by atoms with Crippen molar-refractivity contribution < 1.29 is 21.6 Å². The average molecular weight is 549 g/mol. The van der Waals surface area contributed by atoms with Crippen molar-refractivity contribution in [2.24, 2.45) is 7.05 Å². The van der Waals surface area contributed by atoms with Crippen molar-refractivity contribution >= 4 is 26.9 Å². The number of rotatable bonds is 5. The molecule has 6 rings (SSSR count). The smallest absolute Gasteiger partial charge is 0.351 e. The van der Waals surface area contributed by atoms with E-state index >= 15 is 0 Å². The fourth-order valence-electron chi connectivity index (χ4n) is 5.35. The number of anilines is 1. The zero-order valence-electron chi connectivity index (χ0n) is 20.8. The minimum atomic E-state index is -4.48. The number of alkyl halides is 3. The first kappa shape index (κ1) is 25.1. The summed E-state index contributed by atoms with van der Waals surface area (Å²) in [6.45, 7) is 0. The summed E-state index contributed by atoms with van der Waals surface area (Å²) in [6.07, 6.45) is 1.57. The van der Waals surface area contributed by atoms with Crippen LogP contribution >= 0.6 is 0 Å². The van der Waals surface area contributed by atoms with E-state index in [4.69, 9.17) is 0 Å². The summed E-state index contributed by atoms with van der Waals surface area (Å²) in [7, 11) is -1.99.